The first kappa shape index (κ1) is 11.9. The quantitative estimate of drug-likeness (QED) is 0.672. The van der Waals surface area contributed by atoms with Crippen molar-refractivity contribution in [3.63, 3.8) is 0 Å². The summed E-state index contributed by atoms with van der Waals surface area (Å²) >= 11 is 2.08. The molecule has 1 saturated carbocycles. The summed E-state index contributed by atoms with van der Waals surface area (Å²) in [6.45, 7) is 4.35. The Kier molecular flexibility index (Phi) is 2.92. The summed E-state index contributed by atoms with van der Waals surface area (Å²) in [5.41, 5.74) is 0. The minimum Gasteiger partial charge on any atom is -0.461 e. The minimum absolute atomic E-state index is 0.112. The Balaban J connectivity index is 1.86. The number of hydrogen-bond acceptors (Lipinski definition) is 3. The molecule has 3 atom stereocenters. The van der Waals surface area contributed by atoms with E-state index in [0.29, 0.717) is 11.8 Å². The van der Waals surface area contributed by atoms with Crippen molar-refractivity contribution in [2.24, 2.45) is 17.8 Å². The molecule has 2 nitrogen and oxygen atoms in total. The van der Waals surface area contributed by atoms with Crippen LogP contribution in [0, 0.1) is 17.8 Å². The van der Waals surface area contributed by atoms with Crippen LogP contribution < -0.4 is 0 Å². The van der Waals surface area contributed by atoms with Crippen LogP contribution in [-0.2, 0) is 9.53 Å². The van der Waals surface area contributed by atoms with Gasteiger partial charge in [-0.15, -0.1) is 0 Å². The van der Waals surface area contributed by atoms with Gasteiger partial charge in [0.2, 0.25) is 0 Å². The van der Waals surface area contributed by atoms with Gasteiger partial charge >= 0.3 is 5.97 Å². The first-order chi connectivity index (χ1) is 8.14. The van der Waals surface area contributed by atoms with Gasteiger partial charge in [0.1, 0.15) is 6.10 Å². The summed E-state index contributed by atoms with van der Waals surface area (Å²) in [6, 6.07) is 0. The Bertz CT molecular complexity index is 320. The summed E-state index contributed by atoms with van der Waals surface area (Å²) in [7, 11) is 0. The summed E-state index contributed by atoms with van der Waals surface area (Å²) in [5, 5.41) is 0. The van der Waals surface area contributed by atoms with Crippen molar-refractivity contribution < 1.29 is 9.53 Å². The molecule has 2 heterocycles. The maximum absolute atomic E-state index is 12.2. The van der Waals surface area contributed by atoms with E-state index in [1.807, 2.05) is 0 Å². The van der Waals surface area contributed by atoms with Gasteiger partial charge < -0.3 is 4.74 Å². The molecule has 17 heavy (non-hydrogen) atoms. The molecule has 3 heteroatoms. The molecule has 0 radical (unpaired) electrons. The second-order valence-corrected chi connectivity index (χ2v) is 7.66. The summed E-state index contributed by atoms with van der Waals surface area (Å²) in [5.74, 6) is 2.42. The molecule has 1 spiro atoms. The zero-order valence-corrected chi connectivity index (χ0v) is 11.6. The van der Waals surface area contributed by atoms with Gasteiger partial charge in [0, 0.05) is 16.4 Å². The first-order valence-corrected chi connectivity index (χ1v) is 7.97. The fourth-order valence-electron chi connectivity index (χ4n) is 4.04. The van der Waals surface area contributed by atoms with Crippen molar-refractivity contribution in [1.29, 1.82) is 0 Å². The molecule has 0 N–H and O–H groups in total. The molecule has 1 aliphatic carbocycles. The zero-order valence-electron chi connectivity index (χ0n) is 10.8. The molecule has 3 aliphatic rings. The van der Waals surface area contributed by atoms with Gasteiger partial charge in [0.25, 0.3) is 0 Å². The molecular formula is C14H22O2S. The lowest BCUT2D eigenvalue weighted by atomic mass is 9.73. The van der Waals surface area contributed by atoms with Crippen molar-refractivity contribution in [1.82, 2.24) is 0 Å². The predicted molar refractivity (Wildman–Crippen MR) is 70.0 cm³/mol. The number of rotatable bonds is 1. The van der Waals surface area contributed by atoms with Crippen molar-refractivity contribution >= 4 is 17.7 Å². The van der Waals surface area contributed by atoms with Crippen LogP contribution in [0.2, 0.25) is 0 Å². The van der Waals surface area contributed by atoms with Crippen molar-refractivity contribution in [3.8, 4) is 0 Å². The van der Waals surface area contributed by atoms with Crippen LogP contribution in [-0.4, -0.2) is 22.6 Å². The van der Waals surface area contributed by atoms with Crippen LogP contribution in [0.15, 0.2) is 0 Å². The second kappa shape index (κ2) is 4.18. The Morgan fingerprint density at radius 2 is 2.00 bits per heavy atom. The molecule has 0 unspecified atom stereocenters. The Hall–Kier alpha value is -0.180. The Labute approximate surface area is 108 Å². The minimum atomic E-state index is 0.112. The maximum Gasteiger partial charge on any atom is 0.311 e. The molecule has 0 aromatic carbocycles. The lowest BCUT2D eigenvalue weighted by molar-refractivity contribution is -0.146. The van der Waals surface area contributed by atoms with E-state index >= 15 is 0 Å². The molecule has 0 aromatic rings. The number of carbonyl (C=O) groups is 1. The van der Waals surface area contributed by atoms with Gasteiger partial charge in [0.15, 0.2) is 0 Å². The standard InChI is InChI=1S/C14H22O2S/c1-9(2)12-10-8-17-14(6-4-3-5-7-14)11(10)13(15)16-12/h9-12H,3-8H2,1-2H3/t10-,11+,12+/m0/s1. The Morgan fingerprint density at radius 3 is 2.65 bits per heavy atom. The number of fused-ring (bicyclic) bond motifs is 2. The van der Waals surface area contributed by atoms with Gasteiger partial charge in [-0.2, -0.15) is 11.8 Å². The lowest BCUT2D eigenvalue weighted by Crippen LogP contribution is -2.38. The van der Waals surface area contributed by atoms with E-state index < -0.39 is 0 Å². The van der Waals surface area contributed by atoms with Crippen LogP contribution in [0.1, 0.15) is 46.0 Å². The van der Waals surface area contributed by atoms with Crippen LogP contribution in [0.25, 0.3) is 0 Å². The topological polar surface area (TPSA) is 26.3 Å². The normalized spacial score (nSPS) is 39.7. The fourth-order valence-corrected chi connectivity index (χ4v) is 5.98. The third-order valence-corrected chi connectivity index (χ3v) is 6.63. The average Bonchev–Trinajstić information content (AvgIpc) is 2.82. The number of ether oxygens (including phenoxy) is 1. The largest absolute Gasteiger partial charge is 0.461 e. The highest BCUT2D eigenvalue weighted by atomic mass is 32.2. The number of hydrogen-bond donors (Lipinski definition) is 0. The number of thioether (sulfide) groups is 1. The van der Waals surface area contributed by atoms with Crippen molar-refractivity contribution in [3.05, 3.63) is 0 Å². The van der Waals surface area contributed by atoms with Gasteiger partial charge in [-0.1, -0.05) is 33.1 Å². The molecule has 3 fully saturated rings. The summed E-state index contributed by atoms with van der Waals surface area (Å²) in [6.07, 6.45) is 6.60. The van der Waals surface area contributed by atoms with Crippen LogP contribution in [0.3, 0.4) is 0 Å². The molecular weight excluding hydrogens is 232 g/mol. The number of esters is 1. The molecule has 2 saturated heterocycles. The number of cyclic esters (lactones) is 1. The third kappa shape index (κ3) is 1.73. The van der Waals surface area contributed by atoms with Crippen LogP contribution in [0.4, 0.5) is 0 Å². The highest BCUT2D eigenvalue weighted by Crippen LogP contribution is 2.58. The van der Waals surface area contributed by atoms with Gasteiger partial charge in [0.05, 0.1) is 5.92 Å². The molecule has 2 aliphatic heterocycles. The van der Waals surface area contributed by atoms with E-state index in [0.717, 1.165) is 5.75 Å². The monoisotopic (exact) mass is 254 g/mol. The summed E-state index contributed by atoms with van der Waals surface area (Å²) in [4.78, 5) is 12.2. The van der Waals surface area contributed by atoms with Crippen LogP contribution >= 0.6 is 11.8 Å². The smallest absolute Gasteiger partial charge is 0.311 e. The maximum atomic E-state index is 12.2. The SMILES string of the molecule is CC(C)[C@H]1OC(=O)[C@H]2[C@@H]1CSC21CCCCC1. The molecule has 0 amide bonds. The van der Waals surface area contributed by atoms with Gasteiger partial charge in [-0.05, 0) is 18.8 Å². The number of carbonyl (C=O) groups excluding carboxylic acids is 1. The second-order valence-electron chi connectivity index (χ2n) is 6.22. The van der Waals surface area contributed by atoms with Crippen molar-refractivity contribution in [2.45, 2.75) is 56.8 Å². The third-order valence-electron chi connectivity index (χ3n) is 4.84. The first-order valence-electron chi connectivity index (χ1n) is 6.98. The van der Waals surface area contributed by atoms with E-state index in [2.05, 4.69) is 25.6 Å². The molecule has 3 rings (SSSR count). The predicted octanol–water partition coefficient (Wildman–Crippen LogP) is 3.25. The Morgan fingerprint density at radius 1 is 1.29 bits per heavy atom. The molecule has 0 aromatic heterocycles. The lowest BCUT2D eigenvalue weighted by Gasteiger charge is -2.35. The van der Waals surface area contributed by atoms with E-state index in [4.69, 9.17) is 4.74 Å². The average molecular weight is 254 g/mol. The highest BCUT2D eigenvalue weighted by molar-refractivity contribution is 8.01. The summed E-state index contributed by atoms with van der Waals surface area (Å²) < 4.78 is 5.92. The zero-order chi connectivity index (χ0) is 12.0. The van der Waals surface area contributed by atoms with E-state index in [1.54, 1.807) is 0 Å². The van der Waals surface area contributed by atoms with E-state index in [9.17, 15) is 4.79 Å². The fraction of sp³-hybridized carbons (Fsp3) is 0.929. The highest BCUT2D eigenvalue weighted by Gasteiger charge is 2.60. The molecule has 96 valence electrons. The van der Waals surface area contributed by atoms with Crippen LogP contribution in [0.5, 0.6) is 0 Å². The van der Waals surface area contributed by atoms with Gasteiger partial charge in [-0.25, -0.2) is 0 Å². The molecule has 0 bridgehead atoms. The van der Waals surface area contributed by atoms with E-state index in [-0.39, 0.29) is 22.7 Å². The van der Waals surface area contributed by atoms with Gasteiger partial charge in [-0.3, -0.25) is 4.79 Å². The van der Waals surface area contributed by atoms with E-state index in [1.165, 1.54) is 32.1 Å². The van der Waals surface area contributed by atoms with Crippen molar-refractivity contribution in [2.75, 3.05) is 5.75 Å².